The van der Waals surface area contributed by atoms with Gasteiger partial charge in [-0.15, -0.1) is 0 Å². The zero-order chi connectivity index (χ0) is 19.0. The minimum Gasteiger partial charge on any atom is -0.360 e. The molecule has 1 aliphatic heterocycles. The predicted octanol–water partition coefficient (Wildman–Crippen LogP) is 2.36. The van der Waals surface area contributed by atoms with Crippen LogP contribution in [0.2, 0.25) is 0 Å². The summed E-state index contributed by atoms with van der Waals surface area (Å²) in [4.78, 5) is 20.6. The number of pyridine rings is 1. The Balaban J connectivity index is 1.55. The summed E-state index contributed by atoms with van der Waals surface area (Å²) >= 11 is 0. The fraction of sp³-hybridized carbons (Fsp3) is 0.348. The first-order valence-electron chi connectivity index (χ1n) is 9.80. The number of aromatic amines is 1. The summed E-state index contributed by atoms with van der Waals surface area (Å²) in [7, 11) is 0. The van der Waals surface area contributed by atoms with Gasteiger partial charge in [0.05, 0.1) is 37.3 Å². The maximum absolute atomic E-state index is 13.1. The summed E-state index contributed by atoms with van der Waals surface area (Å²) in [6.07, 6.45) is 0. The van der Waals surface area contributed by atoms with Crippen molar-refractivity contribution in [2.75, 3.05) is 31.1 Å². The van der Waals surface area contributed by atoms with Crippen LogP contribution in [0.25, 0.3) is 10.9 Å². The van der Waals surface area contributed by atoms with E-state index in [1.165, 1.54) is 21.7 Å². The third kappa shape index (κ3) is 3.37. The van der Waals surface area contributed by atoms with E-state index >= 15 is 0 Å². The van der Waals surface area contributed by atoms with Gasteiger partial charge < -0.3 is 14.8 Å². The first-order chi connectivity index (χ1) is 13.0. The van der Waals surface area contributed by atoms with E-state index < -0.39 is 0 Å². The number of anilines is 1. The van der Waals surface area contributed by atoms with Gasteiger partial charge in [-0.25, -0.2) is 0 Å². The number of piperazine rings is 1. The van der Waals surface area contributed by atoms with E-state index in [1.807, 2.05) is 13.0 Å². The Morgan fingerprint density at radius 2 is 1.70 bits per heavy atom. The Hall–Kier alpha value is -2.59. The number of benzene rings is 2. The standard InChI is InChI=1S/C23H27N3O/c1-16-9-10-20-22(17(16)2)24-18(3)21(23(20)27)15-25-11-13-26(14-12-25)19-7-5-4-6-8-19/h4-10H,11-15H2,1-3H3,(H,24,27)/p+1. The number of quaternary nitrogens is 1. The van der Waals surface area contributed by atoms with Crippen LogP contribution >= 0.6 is 0 Å². The molecule has 0 spiro atoms. The lowest BCUT2D eigenvalue weighted by molar-refractivity contribution is -0.914. The number of rotatable bonds is 3. The fourth-order valence-corrected chi connectivity index (χ4v) is 4.12. The van der Waals surface area contributed by atoms with Crippen molar-refractivity contribution in [2.24, 2.45) is 0 Å². The van der Waals surface area contributed by atoms with E-state index in [-0.39, 0.29) is 5.43 Å². The molecular weight excluding hydrogens is 334 g/mol. The number of H-pyrrole nitrogens is 1. The van der Waals surface area contributed by atoms with E-state index in [1.54, 1.807) is 0 Å². The molecule has 0 aliphatic carbocycles. The van der Waals surface area contributed by atoms with E-state index in [0.717, 1.165) is 54.9 Å². The number of para-hydroxylation sites is 1. The highest BCUT2D eigenvalue weighted by atomic mass is 16.1. The van der Waals surface area contributed by atoms with E-state index in [2.05, 4.69) is 60.1 Å². The molecule has 0 unspecified atom stereocenters. The Labute approximate surface area is 160 Å². The molecule has 140 valence electrons. The molecule has 2 N–H and O–H groups in total. The first kappa shape index (κ1) is 17.8. The van der Waals surface area contributed by atoms with Gasteiger partial charge in [-0.05, 0) is 50.1 Å². The average molecular weight is 362 g/mol. The number of nitrogens with zero attached hydrogens (tertiary/aromatic N) is 1. The molecule has 4 nitrogen and oxygen atoms in total. The topological polar surface area (TPSA) is 40.5 Å². The van der Waals surface area contributed by atoms with Gasteiger partial charge in [-0.2, -0.15) is 0 Å². The van der Waals surface area contributed by atoms with Gasteiger partial charge in [0.15, 0.2) is 5.43 Å². The SMILES string of the molecule is Cc1ccc2c(=O)c(C[NH+]3CCN(c4ccccc4)CC3)c(C)[nH]c2c1C. The molecule has 2 heterocycles. The molecule has 0 saturated carbocycles. The summed E-state index contributed by atoms with van der Waals surface area (Å²) in [6.45, 7) is 11.2. The second kappa shape index (κ2) is 7.20. The maximum atomic E-state index is 13.1. The summed E-state index contributed by atoms with van der Waals surface area (Å²) in [5.74, 6) is 0. The molecule has 4 rings (SSSR count). The van der Waals surface area contributed by atoms with E-state index in [4.69, 9.17) is 0 Å². The molecule has 2 aromatic carbocycles. The van der Waals surface area contributed by atoms with Crippen LogP contribution in [0.3, 0.4) is 0 Å². The van der Waals surface area contributed by atoms with Crippen molar-refractivity contribution in [3.63, 3.8) is 0 Å². The van der Waals surface area contributed by atoms with Crippen LogP contribution in [0, 0.1) is 20.8 Å². The van der Waals surface area contributed by atoms with Gasteiger partial charge in [0.25, 0.3) is 0 Å². The zero-order valence-corrected chi connectivity index (χ0v) is 16.4. The summed E-state index contributed by atoms with van der Waals surface area (Å²) in [6, 6.07) is 14.6. The van der Waals surface area contributed by atoms with Gasteiger partial charge in [0.2, 0.25) is 0 Å². The number of aromatic nitrogens is 1. The highest BCUT2D eigenvalue weighted by Gasteiger charge is 2.23. The molecule has 0 amide bonds. The van der Waals surface area contributed by atoms with Crippen molar-refractivity contribution in [1.82, 2.24) is 4.98 Å². The van der Waals surface area contributed by atoms with Crippen LogP contribution < -0.4 is 15.2 Å². The van der Waals surface area contributed by atoms with Gasteiger partial charge in [-0.3, -0.25) is 4.79 Å². The largest absolute Gasteiger partial charge is 0.360 e. The molecule has 27 heavy (non-hydrogen) atoms. The Kier molecular flexibility index (Phi) is 4.75. The van der Waals surface area contributed by atoms with Crippen molar-refractivity contribution in [3.05, 3.63) is 75.1 Å². The molecule has 0 bridgehead atoms. The number of fused-ring (bicyclic) bond motifs is 1. The second-order valence-corrected chi connectivity index (χ2v) is 7.74. The summed E-state index contributed by atoms with van der Waals surface area (Å²) in [5, 5.41) is 0.820. The summed E-state index contributed by atoms with van der Waals surface area (Å²) in [5.41, 5.74) is 6.82. The van der Waals surface area contributed by atoms with Crippen LogP contribution in [-0.4, -0.2) is 31.2 Å². The molecule has 1 fully saturated rings. The molecule has 0 radical (unpaired) electrons. The van der Waals surface area contributed by atoms with Crippen LogP contribution in [0.5, 0.6) is 0 Å². The monoisotopic (exact) mass is 362 g/mol. The third-order valence-corrected chi connectivity index (χ3v) is 6.04. The molecule has 3 aromatic rings. The fourth-order valence-electron chi connectivity index (χ4n) is 4.12. The molecule has 1 aromatic heterocycles. The first-order valence-corrected chi connectivity index (χ1v) is 9.80. The lowest BCUT2D eigenvalue weighted by Crippen LogP contribution is -3.13. The second-order valence-electron chi connectivity index (χ2n) is 7.74. The molecule has 1 saturated heterocycles. The maximum Gasteiger partial charge on any atom is 0.198 e. The number of hydrogen-bond acceptors (Lipinski definition) is 2. The van der Waals surface area contributed by atoms with Crippen LogP contribution in [-0.2, 0) is 6.54 Å². The smallest absolute Gasteiger partial charge is 0.198 e. The molecule has 1 aliphatic rings. The van der Waals surface area contributed by atoms with Crippen molar-refractivity contribution in [1.29, 1.82) is 0 Å². The lowest BCUT2D eigenvalue weighted by Gasteiger charge is -2.33. The Morgan fingerprint density at radius 3 is 2.41 bits per heavy atom. The Morgan fingerprint density at radius 1 is 1.00 bits per heavy atom. The van der Waals surface area contributed by atoms with Crippen molar-refractivity contribution < 1.29 is 4.90 Å². The van der Waals surface area contributed by atoms with Gasteiger partial charge in [0, 0.05) is 16.8 Å². The van der Waals surface area contributed by atoms with Gasteiger partial charge >= 0.3 is 0 Å². The van der Waals surface area contributed by atoms with Crippen molar-refractivity contribution in [3.8, 4) is 0 Å². The highest BCUT2D eigenvalue weighted by Crippen LogP contribution is 2.19. The van der Waals surface area contributed by atoms with Crippen LogP contribution in [0.4, 0.5) is 5.69 Å². The van der Waals surface area contributed by atoms with Gasteiger partial charge in [-0.1, -0.05) is 24.3 Å². The quantitative estimate of drug-likeness (QED) is 0.751. The molecule has 4 heteroatoms. The minimum atomic E-state index is 0.197. The minimum absolute atomic E-state index is 0.197. The zero-order valence-electron chi connectivity index (χ0n) is 16.4. The average Bonchev–Trinajstić information content (AvgIpc) is 2.69. The Bertz CT molecular complexity index is 1020. The van der Waals surface area contributed by atoms with Crippen LogP contribution in [0.15, 0.2) is 47.3 Å². The van der Waals surface area contributed by atoms with Crippen molar-refractivity contribution in [2.45, 2.75) is 27.3 Å². The predicted molar refractivity (Wildman–Crippen MR) is 112 cm³/mol. The van der Waals surface area contributed by atoms with E-state index in [9.17, 15) is 4.79 Å². The third-order valence-electron chi connectivity index (χ3n) is 6.04. The van der Waals surface area contributed by atoms with Crippen molar-refractivity contribution >= 4 is 16.6 Å². The molecular formula is C23H28N3O+. The number of aryl methyl sites for hydroxylation is 3. The number of nitrogens with one attached hydrogen (secondary N) is 2. The highest BCUT2D eigenvalue weighted by molar-refractivity contribution is 5.83. The number of hydrogen-bond donors (Lipinski definition) is 2. The lowest BCUT2D eigenvalue weighted by atomic mass is 10.0. The van der Waals surface area contributed by atoms with Crippen LogP contribution in [0.1, 0.15) is 22.4 Å². The van der Waals surface area contributed by atoms with Gasteiger partial charge in [0.1, 0.15) is 6.54 Å². The normalized spacial score (nSPS) is 15.4. The molecule has 0 atom stereocenters. The summed E-state index contributed by atoms with van der Waals surface area (Å²) < 4.78 is 0. The van der Waals surface area contributed by atoms with E-state index in [0.29, 0.717) is 0 Å².